The van der Waals surface area contributed by atoms with Crippen LogP contribution >= 0.6 is 0 Å². The van der Waals surface area contributed by atoms with Crippen LogP contribution in [0.1, 0.15) is 35.3 Å². The van der Waals surface area contributed by atoms with Crippen molar-refractivity contribution in [3.05, 3.63) is 53.6 Å². The van der Waals surface area contributed by atoms with Crippen molar-refractivity contribution >= 4 is 17.8 Å². The Kier molecular flexibility index (Phi) is 6.41. The van der Waals surface area contributed by atoms with Gasteiger partial charge in [-0.25, -0.2) is 9.37 Å². The van der Waals surface area contributed by atoms with Crippen LogP contribution in [0.25, 0.3) is 16.8 Å². The number of hydrogen-bond donors (Lipinski definition) is 1. The molecular weight excluding hydrogens is 355 g/mol. The number of halogens is 1. The molecule has 2 aromatic heterocycles. The smallest absolute Gasteiger partial charge is 0.170 e. The largest absolute Gasteiger partial charge is 0.367 e. The normalized spacial score (nSPS) is 12.6. The fraction of sp³-hybridized carbons (Fsp3) is 0.364. The molecule has 0 aliphatic heterocycles. The number of aromatic nitrogens is 2. The average Bonchev–Trinajstić information content (AvgIpc) is 3.51. The highest BCUT2D eigenvalue weighted by Crippen LogP contribution is 2.27. The number of likely N-dealkylation sites (N-methyl/N-ethyl adjacent to an activating group) is 1. The first-order chi connectivity index (χ1) is 13.5. The van der Waals surface area contributed by atoms with E-state index < -0.39 is 0 Å². The Labute approximate surface area is 165 Å². The number of aldehydes is 1. The van der Waals surface area contributed by atoms with Crippen LogP contribution in [0.3, 0.4) is 0 Å². The van der Waals surface area contributed by atoms with Gasteiger partial charge in [-0.2, -0.15) is 0 Å². The Morgan fingerprint density at radius 3 is 2.61 bits per heavy atom. The summed E-state index contributed by atoms with van der Waals surface area (Å²) in [5, 5.41) is 3.20. The van der Waals surface area contributed by atoms with Crippen LogP contribution < -0.4 is 5.32 Å². The number of hydrogen-bond acceptors (Lipinski definition) is 4. The number of anilines is 1. The molecule has 0 unspecified atom stereocenters. The van der Waals surface area contributed by atoms with E-state index in [9.17, 15) is 9.18 Å². The second kappa shape index (κ2) is 8.97. The highest BCUT2D eigenvalue weighted by atomic mass is 19.1. The monoisotopic (exact) mass is 382 g/mol. The summed E-state index contributed by atoms with van der Waals surface area (Å²) >= 11 is 0. The first-order valence-corrected chi connectivity index (χ1v) is 9.62. The van der Waals surface area contributed by atoms with E-state index in [0.29, 0.717) is 29.3 Å². The van der Waals surface area contributed by atoms with Crippen molar-refractivity contribution in [3.63, 3.8) is 0 Å². The third-order valence-corrected chi connectivity index (χ3v) is 4.55. The fourth-order valence-electron chi connectivity index (χ4n) is 2.78. The summed E-state index contributed by atoms with van der Waals surface area (Å²) in [5.41, 5.74) is 3.36. The van der Waals surface area contributed by atoms with Crippen LogP contribution in [0.15, 0.2) is 36.5 Å². The van der Waals surface area contributed by atoms with Crippen molar-refractivity contribution in [1.82, 2.24) is 14.3 Å². The summed E-state index contributed by atoms with van der Waals surface area (Å²) in [6.07, 6.45) is 7.12. The molecule has 0 saturated heterocycles. The lowest BCUT2D eigenvalue weighted by atomic mass is 10.0. The maximum atomic E-state index is 13.8. The second-order valence-corrected chi connectivity index (χ2v) is 7.31. The van der Waals surface area contributed by atoms with Crippen molar-refractivity contribution in [3.8, 4) is 11.1 Å². The van der Waals surface area contributed by atoms with Gasteiger partial charge in [0.1, 0.15) is 17.2 Å². The molecule has 2 heterocycles. The number of fused-ring (bicyclic) bond motifs is 1. The molecule has 0 atom stereocenters. The zero-order valence-electron chi connectivity index (χ0n) is 16.7. The highest BCUT2D eigenvalue weighted by Gasteiger charge is 2.13. The molecule has 28 heavy (non-hydrogen) atoms. The number of benzene rings is 1. The minimum absolute atomic E-state index is 0.245. The van der Waals surface area contributed by atoms with E-state index in [-0.39, 0.29) is 5.82 Å². The van der Waals surface area contributed by atoms with Gasteiger partial charge >= 0.3 is 0 Å². The lowest BCUT2D eigenvalue weighted by Gasteiger charge is -2.10. The fourth-order valence-corrected chi connectivity index (χ4v) is 2.78. The Hall–Kier alpha value is -2.73. The quantitative estimate of drug-likeness (QED) is 0.642. The van der Waals surface area contributed by atoms with Gasteiger partial charge in [0.15, 0.2) is 12.1 Å². The van der Waals surface area contributed by atoms with Crippen LogP contribution in [0, 0.1) is 12.7 Å². The molecule has 0 bridgehead atoms. The van der Waals surface area contributed by atoms with Gasteiger partial charge in [-0.3, -0.25) is 9.20 Å². The highest BCUT2D eigenvalue weighted by molar-refractivity contribution is 5.83. The molecule has 1 aliphatic rings. The summed E-state index contributed by atoms with van der Waals surface area (Å²) in [4.78, 5) is 18.1. The summed E-state index contributed by atoms with van der Waals surface area (Å²) in [7, 11) is 3.97. The Morgan fingerprint density at radius 2 is 1.96 bits per heavy atom. The topological polar surface area (TPSA) is 49.6 Å². The summed E-state index contributed by atoms with van der Waals surface area (Å²) in [6, 6.07) is 8.72. The Balaban J connectivity index is 0.000000684. The number of nitrogens with one attached hydrogen (secondary N) is 1. The zero-order chi connectivity index (χ0) is 20.1. The minimum atomic E-state index is -0.245. The molecule has 148 valence electrons. The number of carbonyl (C=O) groups excluding carboxylic acids is 1. The molecule has 1 N–H and O–H groups in total. The standard InChI is InChI=1S/C19H21FN4O.C3H6/c1-13-15(5-4-6-16(13)20)14-7-8-18-22-19(21-9-10-23(2)3)17(12-25)24(18)11-14;1-2-3-1/h4-8,11-12,21H,9-10H2,1-3H3;1-3H2. The van der Waals surface area contributed by atoms with Gasteiger partial charge in [0.25, 0.3) is 0 Å². The third-order valence-electron chi connectivity index (χ3n) is 4.55. The molecule has 1 aliphatic carbocycles. The predicted molar refractivity (Wildman–Crippen MR) is 112 cm³/mol. The molecule has 0 spiro atoms. The van der Waals surface area contributed by atoms with Gasteiger partial charge in [0.05, 0.1) is 0 Å². The van der Waals surface area contributed by atoms with Crippen molar-refractivity contribution in [2.75, 3.05) is 32.5 Å². The Bertz CT molecular complexity index is 960. The maximum Gasteiger partial charge on any atom is 0.170 e. The Morgan fingerprint density at radius 1 is 1.21 bits per heavy atom. The van der Waals surface area contributed by atoms with Gasteiger partial charge in [-0.1, -0.05) is 31.4 Å². The van der Waals surface area contributed by atoms with Crippen molar-refractivity contribution in [1.29, 1.82) is 0 Å². The van der Waals surface area contributed by atoms with Crippen molar-refractivity contribution in [2.45, 2.75) is 26.2 Å². The van der Waals surface area contributed by atoms with E-state index in [1.165, 1.54) is 25.3 Å². The van der Waals surface area contributed by atoms with Gasteiger partial charge < -0.3 is 10.2 Å². The minimum Gasteiger partial charge on any atom is -0.367 e. The molecule has 1 aromatic carbocycles. The van der Waals surface area contributed by atoms with Gasteiger partial charge in [0.2, 0.25) is 0 Å². The lowest BCUT2D eigenvalue weighted by molar-refractivity contribution is 0.111. The van der Waals surface area contributed by atoms with E-state index in [1.54, 1.807) is 17.4 Å². The van der Waals surface area contributed by atoms with Crippen LogP contribution in [0.2, 0.25) is 0 Å². The molecule has 4 rings (SSSR count). The number of nitrogens with zero attached hydrogens (tertiary/aromatic N) is 3. The number of imidazole rings is 1. The van der Waals surface area contributed by atoms with Crippen LogP contribution in [0.4, 0.5) is 10.2 Å². The van der Waals surface area contributed by atoms with E-state index in [0.717, 1.165) is 24.0 Å². The SMILES string of the molecule is C1CC1.Cc1c(F)cccc1-c1ccc2nc(NCCN(C)C)c(C=O)n2c1. The molecule has 1 saturated carbocycles. The molecule has 0 amide bonds. The molecule has 6 heteroatoms. The number of pyridine rings is 1. The first-order valence-electron chi connectivity index (χ1n) is 9.62. The van der Waals surface area contributed by atoms with Gasteiger partial charge in [0, 0.05) is 19.3 Å². The number of carbonyl (C=O) groups is 1. The van der Waals surface area contributed by atoms with Crippen LogP contribution in [-0.4, -0.2) is 47.8 Å². The molecule has 5 nitrogen and oxygen atoms in total. The molecular formula is C22H27FN4O. The molecule has 3 aromatic rings. The summed E-state index contributed by atoms with van der Waals surface area (Å²) < 4.78 is 15.6. The molecule has 1 fully saturated rings. The van der Waals surface area contributed by atoms with E-state index in [1.807, 2.05) is 43.4 Å². The lowest BCUT2D eigenvalue weighted by Crippen LogP contribution is -2.21. The van der Waals surface area contributed by atoms with Gasteiger partial charge in [-0.05, 0) is 55.9 Å². The first kappa shape index (κ1) is 20.0. The second-order valence-electron chi connectivity index (χ2n) is 7.31. The van der Waals surface area contributed by atoms with Crippen LogP contribution in [-0.2, 0) is 0 Å². The summed E-state index contributed by atoms with van der Waals surface area (Å²) in [6.45, 7) is 3.27. The summed E-state index contributed by atoms with van der Waals surface area (Å²) in [5.74, 6) is 0.315. The zero-order valence-corrected chi connectivity index (χ0v) is 16.7. The third kappa shape index (κ3) is 4.75. The predicted octanol–water partition coefficient (Wildman–Crippen LogP) is 4.41. The van der Waals surface area contributed by atoms with E-state index in [2.05, 4.69) is 10.3 Å². The number of rotatable bonds is 6. The van der Waals surface area contributed by atoms with Gasteiger partial charge in [-0.15, -0.1) is 0 Å². The average molecular weight is 382 g/mol. The van der Waals surface area contributed by atoms with Crippen LogP contribution in [0.5, 0.6) is 0 Å². The van der Waals surface area contributed by atoms with E-state index in [4.69, 9.17) is 0 Å². The van der Waals surface area contributed by atoms with Crippen molar-refractivity contribution in [2.24, 2.45) is 0 Å². The molecule has 0 radical (unpaired) electrons. The maximum absolute atomic E-state index is 13.8. The van der Waals surface area contributed by atoms with Crippen molar-refractivity contribution < 1.29 is 9.18 Å². The van der Waals surface area contributed by atoms with E-state index >= 15 is 0 Å².